The molecule has 6 nitrogen and oxygen atoms in total. The molecule has 0 amide bonds. The van der Waals surface area contributed by atoms with Crippen molar-refractivity contribution in [1.29, 1.82) is 0 Å². The first kappa shape index (κ1) is 18.1. The molecule has 0 saturated heterocycles. The van der Waals surface area contributed by atoms with E-state index in [4.69, 9.17) is 16.7 Å². The van der Waals surface area contributed by atoms with Gasteiger partial charge in [-0.25, -0.2) is 22.0 Å². The minimum Gasteiger partial charge on any atom is -0.283 e. The molecule has 2 aromatic rings. The van der Waals surface area contributed by atoms with Crippen LogP contribution in [0.1, 0.15) is 0 Å². The van der Waals surface area contributed by atoms with E-state index in [-0.39, 0.29) is 10.6 Å². The van der Waals surface area contributed by atoms with Crippen molar-refractivity contribution >= 4 is 49.1 Å². The van der Waals surface area contributed by atoms with Gasteiger partial charge in [0.25, 0.3) is 0 Å². The van der Waals surface area contributed by atoms with Crippen LogP contribution in [0.4, 0.5) is 5.69 Å². The van der Waals surface area contributed by atoms with Crippen molar-refractivity contribution in [3.05, 3.63) is 47.5 Å². The van der Waals surface area contributed by atoms with Crippen LogP contribution in [0.15, 0.2) is 57.2 Å². The molecule has 0 saturated carbocycles. The quantitative estimate of drug-likeness (QED) is 0.813. The van der Waals surface area contributed by atoms with Crippen LogP contribution in [0, 0.1) is 0 Å². The summed E-state index contributed by atoms with van der Waals surface area (Å²) in [5.74, 6) is 0. The van der Waals surface area contributed by atoms with Crippen molar-refractivity contribution in [2.45, 2.75) is 14.7 Å². The lowest BCUT2D eigenvalue weighted by molar-refractivity contribution is 0.597. The molecule has 0 aromatic heterocycles. The molecule has 2 aromatic carbocycles. The lowest BCUT2D eigenvalue weighted by atomic mass is 10.3. The summed E-state index contributed by atoms with van der Waals surface area (Å²) in [5.41, 5.74) is 0.264. The number of nitrogens with two attached hydrogens (primary N) is 1. The SMILES string of the molecule is CS(=O)(=O)Nc1ccc(S(N)(=O)=O)cc1Sc1ccc(Cl)cc1. The molecule has 0 aliphatic rings. The fourth-order valence-corrected chi connectivity index (χ4v) is 4.00. The van der Waals surface area contributed by atoms with Crippen LogP contribution in [-0.4, -0.2) is 23.1 Å². The monoisotopic (exact) mass is 392 g/mol. The van der Waals surface area contributed by atoms with Gasteiger partial charge in [-0.3, -0.25) is 4.72 Å². The van der Waals surface area contributed by atoms with Gasteiger partial charge in [0.1, 0.15) is 0 Å². The van der Waals surface area contributed by atoms with Crippen LogP contribution in [0.25, 0.3) is 0 Å². The molecule has 0 fully saturated rings. The summed E-state index contributed by atoms with van der Waals surface area (Å²) in [5, 5.41) is 5.68. The Hall–Kier alpha value is -1.26. The summed E-state index contributed by atoms with van der Waals surface area (Å²) in [7, 11) is -7.41. The predicted molar refractivity (Wildman–Crippen MR) is 91.9 cm³/mol. The Bertz CT molecular complexity index is 926. The molecule has 0 aliphatic carbocycles. The maximum Gasteiger partial charge on any atom is 0.238 e. The third-order valence-electron chi connectivity index (χ3n) is 2.62. The summed E-state index contributed by atoms with van der Waals surface area (Å²) in [6.07, 6.45) is 1.01. The van der Waals surface area contributed by atoms with Gasteiger partial charge in [0.15, 0.2) is 0 Å². The number of anilines is 1. The third kappa shape index (κ3) is 5.40. The molecule has 0 bridgehead atoms. The van der Waals surface area contributed by atoms with E-state index >= 15 is 0 Å². The van der Waals surface area contributed by atoms with E-state index in [1.54, 1.807) is 24.3 Å². The highest BCUT2D eigenvalue weighted by atomic mass is 35.5. The Kier molecular flexibility index (Phi) is 5.27. The Morgan fingerprint density at radius 1 is 1.04 bits per heavy atom. The molecule has 0 spiro atoms. The van der Waals surface area contributed by atoms with Crippen LogP contribution in [0.2, 0.25) is 5.02 Å². The average molecular weight is 393 g/mol. The summed E-state index contributed by atoms with van der Waals surface area (Å²) >= 11 is 7.01. The fraction of sp³-hybridized carbons (Fsp3) is 0.0769. The zero-order valence-electron chi connectivity index (χ0n) is 11.9. The second-order valence-corrected chi connectivity index (χ2v) is 9.49. The molecule has 10 heteroatoms. The highest BCUT2D eigenvalue weighted by Crippen LogP contribution is 2.35. The number of rotatable bonds is 5. The van der Waals surface area contributed by atoms with Gasteiger partial charge in [-0.1, -0.05) is 23.4 Å². The number of primary sulfonamides is 1. The normalized spacial score (nSPS) is 12.1. The molecule has 124 valence electrons. The van der Waals surface area contributed by atoms with E-state index in [1.165, 1.54) is 30.0 Å². The maximum atomic E-state index is 11.5. The number of sulfonamides is 2. The Morgan fingerprint density at radius 3 is 2.17 bits per heavy atom. The molecule has 0 heterocycles. The standard InChI is InChI=1S/C13H13ClN2O4S3/c1-22(17,18)16-12-7-6-11(23(15,19)20)8-13(12)21-10-4-2-9(14)3-5-10/h2-8,16H,1H3,(H2,15,19,20). The Morgan fingerprint density at radius 2 is 1.65 bits per heavy atom. The van der Waals surface area contributed by atoms with E-state index in [0.717, 1.165) is 11.2 Å². The summed E-state index contributed by atoms with van der Waals surface area (Å²) in [6, 6.07) is 10.8. The minimum absolute atomic E-state index is 0.104. The molecule has 0 atom stereocenters. The first-order chi connectivity index (χ1) is 10.5. The second kappa shape index (κ2) is 6.70. The number of hydrogen-bond donors (Lipinski definition) is 2. The smallest absolute Gasteiger partial charge is 0.238 e. The van der Waals surface area contributed by atoms with E-state index in [9.17, 15) is 16.8 Å². The van der Waals surface area contributed by atoms with Gasteiger partial charge in [0, 0.05) is 14.8 Å². The second-order valence-electron chi connectivity index (χ2n) is 4.63. The first-order valence-corrected chi connectivity index (χ1v) is 10.8. The molecular weight excluding hydrogens is 380 g/mol. The van der Waals surface area contributed by atoms with Gasteiger partial charge >= 0.3 is 0 Å². The van der Waals surface area contributed by atoms with Crippen LogP contribution < -0.4 is 9.86 Å². The minimum atomic E-state index is -3.90. The van der Waals surface area contributed by atoms with Gasteiger partial charge in [-0.15, -0.1) is 0 Å². The van der Waals surface area contributed by atoms with Crippen molar-refractivity contribution in [3.63, 3.8) is 0 Å². The Labute approximate surface area is 144 Å². The summed E-state index contributed by atoms with van der Waals surface area (Å²) in [6.45, 7) is 0. The molecule has 23 heavy (non-hydrogen) atoms. The summed E-state index contributed by atoms with van der Waals surface area (Å²) in [4.78, 5) is 1.06. The zero-order valence-corrected chi connectivity index (χ0v) is 15.1. The van der Waals surface area contributed by atoms with E-state index in [2.05, 4.69) is 4.72 Å². The van der Waals surface area contributed by atoms with Crippen LogP contribution in [0.3, 0.4) is 0 Å². The molecular formula is C13H13ClN2O4S3. The van der Waals surface area contributed by atoms with E-state index < -0.39 is 20.0 Å². The van der Waals surface area contributed by atoms with Gasteiger partial charge in [0.2, 0.25) is 20.0 Å². The number of halogens is 1. The van der Waals surface area contributed by atoms with Gasteiger partial charge < -0.3 is 0 Å². The van der Waals surface area contributed by atoms with Crippen LogP contribution >= 0.6 is 23.4 Å². The van der Waals surface area contributed by atoms with E-state index in [0.29, 0.717) is 9.92 Å². The highest BCUT2D eigenvalue weighted by Gasteiger charge is 2.14. The van der Waals surface area contributed by atoms with Crippen molar-refractivity contribution in [1.82, 2.24) is 0 Å². The third-order valence-corrected chi connectivity index (χ3v) is 5.44. The van der Waals surface area contributed by atoms with Gasteiger partial charge in [-0.05, 0) is 42.5 Å². The van der Waals surface area contributed by atoms with Gasteiger partial charge in [0.05, 0.1) is 16.8 Å². The number of hydrogen-bond acceptors (Lipinski definition) is 5. The molecule has 0 radical (unpaired) electrons. The zero-order chi connectivity index (χ0) is 17.3. The number of benzene rings is 2. The first-order valence-electron chi connectivity index (χ1n) is 6.13. The molecule has 0 aliphatic heterocycles. The van der Waals surface area contributed by atoms with Crippen molar-refractivity contribution in [2.24, 2.45) is 5.14 Å². The largest absolute Gasteiger partial charge is 0.283 e. The predicted octanol–water partition coefficient (Wildman–Crippen LogP) is 2.51. The van der Waals surface area contributed by atoms with Crippen LogP contribution in [0.5, 0.6) is 0 Å². The van der Waals surface area contributed by atoms with Crippen molar-refractivity contribution < 1.29 is 16.8 Å². The lowest BCUT2D eigenvalue weighted by Gasteiger charge is -2.12. The van der Waals surface area contributed by atoms with Gasteiger partial charge in [-0.2, -0.15) is 0 Å². The van der Waals surface area contributed by atoms with E-state index in [1.807, 2.05) is 0 Å². The Balaban J connectivity index is 2.49. The maximum absolute atomic E-state index is 11.5. The fourth-order valence-electron chi connectivity index (χ4n) is 1.68. The van der Waals surface area contributed by atoms with Crippen molar-refractivity contribution in [3.8, 4) is 0 Å². The molecule has 0 unspecified atom stereocenters. The summed E-state index contributed by atoms with van der Waals surface area (Å²) < 4.78 is 48.2. The lowest BCUT2D eigenvalue weighted by Crippen LogP contribution is -2.14. The van der Waals surface area contributed by atoms with Crippen LogP contribution in [-0.2, 0) is 20.0 Å². The highest BCUT2D eigenvalue weighted by molar-refractivity contribution is 7.99. The molecule has 3 N–H and O–H groups in total. The topological polar surface area (TPSA) is 106 Å². The number of nitrogens with one attached hydrogen (secondary N) is 1. The average Bonchev–Trinajstić information content (AvgIpc) is 2.40. The molecule has 2 rings (SSSR count). The van der Waals surface area contributed by atoms with Crippen molar-refractivity contribution in [2.75, 3.05) is 11.0 Å².